The maximum atomic E-state index is 12.4. The van der Waals surface area contributed by atoms with E-state index in [9.17, 15) is 14.4 Å². The van der Waals surface area contributed by atoms with E-state index in [2.05, 4.69) is 22.8 Å². The van der Waals surface area contributed by atoms with Crippen LogP contribution in [0.3, 0.4) is 0 Å². The van der Waals surface area contributed by atoms with Crippen LogP contribution in [-0.2, 0) is 4.79 Å². The number of rotatable bonds is 8. The van der Waals surface area contributed by atoms with E-state index in [1.807, 2.05) is 23.1 Å². The fourth-order valence-corrected chi connectivity index (χ4v) is 4.81. The number of likely N-dealkylation sites (tertiary alicyclic amines) is 1. The monoisotopic (exact) mass is 479 g/mol. The zero-order valence-electron chi connectivity index (χ0n) is 19.8. The zero-order chi connectivity index (χ0) is 24.6. The van der Waals surface area contributed by atoms with Gasteiger partial charge in [-0.1, -0.05) is 30.3 Å². The number of urea groups is 1. The summed E-state index contributed by atoms with van der Waals surface area (Å²) < 4.78 is 5.95. The Bertz CT molecular complexity index is 1000. The first-order valence-electron chi connectivity index (χ1n) is 12.3. The van der Waals surface area contributed by atoms with Crippen LogP contribution < -0.4 is 15.4 Å². The van der Waals surface area contributed by atoms with Gasteiger partial charge >= 0.3 is 12.0 Å². The van der Waals surface area contributed by atoms with Gasteiger partial charge in [0.2, 0.25) is 0 Å². The molecule has 2 aliphatic rings. The summed E-state index contributed by atoms with van der Waals surface area (Å²) in [7, 11) is 0. The van der Waals surface area contributed by atoms with Gasteiger partial charge in [-0.2, -0.15) is 0 Å². The van der Waals surface area contributed by atoms with Crippen molar-refractivity contribution in [1.82, 2.24) is 15.5 Å². The molecule has 186 valence electrons. The van der Waals surface area contributed by atoms with Crippen LogP contribution in [0.15, 0.2) is 54.6 Å². The first kappa shape index (κ1) is 24.6. The molecule has 1 aliphatic carbocycles. The summed E-state index contributed by atoms with van der Waals surface area (Å²) in [4.78, 5) is 37.8. The summed E-state index contributed by atoms with van der Waals surface area (Å²) in [5, 5.41) is 14.8. The molecule has 35 heavy (non-hydrogen) atoms. The molecule has 3 amide bonds. The topological polar surface area (TPSA) is 108 Å². The average molecular weight is 480 g/mol. The molecule has 1 atom stereocenters. The van der Waals surface area contributed by atoms with E-state index < -0.39 is 5.97 Å². The standard InChI is InChI=1S/C27H33N3O5/c31-25(20-6-10-23(11-7-20)35-24-12-8-21(9-13-24)26(32)33)28-15-16-29-27(34)30-17-14-22(18-30)19-4-2-1-3-5-19/h1-7,10-11,21-22,24H,8-9,12-18H2,(H,28,31)(H,29,34)(H,32,33). The minimum absolute atomic E-state index is 0.00691. The second-order valence-electron chi connectivity index (χ2n) is 9.28. The smallest absolute Gasteiger partial charge is 0.317 e. The van der Waals surface area contributed by atoms with Gasteiger partial charge in [0.15, 0.2) is 0 Å². The quantitative estimate of drug-likeness (QED) is 0.501. The Balaban J connectivity index is 1.14. The summed E-state index contributed by atoms with van der Waals surface area (Å²) >= 11 is 0. The molecule has 1 aliphatic heterocycles. The molecule has 1 heterocycles. The van der Waals surface area contributed by atoms with Gasteiger partial charge in [0.25, 0.3) is 5.91 Å². The van der Waals surface area contributed by atoms with Crippen molar-refractivity contribution in [2.24, 2.45) is 5.92 Å². The van der Waals surface area contributed by atoms with Crippen LogP contribution in [-0.4, -0.2) is 60.2 Å². The van der Waals surface area contributed by atoms with Crippen LogP contribution in [0.25, 0.3) is 0 Å². The Morgan fingerprint density at radius 1 is 0.886 bits per heavy atom. The van der Waals surface area contributed by atoms with Gasteiger partial charge in [-0.15, -0.1) is 0 Å². The Labute approximate surface area is 205 Å². The normalized spacial score (nSPS) is 21.8. The van der Waals surface area contributed by atoms with Gasteiger partial charge in [0, 0.05) is 37.7 Å². The molecule has 1 unspecified atom stereocenters. The minimum atomic E-state index is -0.730. The molecule has 8 heteroatoms. The van der Waals surface area contributed by atoms with E-state index in [0.29, 0.717) is 49.7 Å². The average Bonchev–Trinajstić information content (AvgIpc) is 3.38. The van der Waals surface area contributed by atoms with E-state index in [0.717, 1.165) is 25.8 Å². The lowest BCUT2D eigenvalue weighted by Gasteiger charge is -2.26. The van der Waals surface area contributed by atoms with Crippen molar-refractivity contribution >= 4 is 17.9 Å². The lowest BCUT2D eigenvalue weighted by atomic mass is 9.87. The third-order valence-electron chi connectivity index (χ3n) is 6.88. The molecule has 2 aromatic rings. The van der Waals surface area contributed by atoms with Crippen LogP contribution in [0.5, 0.6) is 5.75 Å². The number of aliphatic carboxylic acids is 1. The maximum absolute atomic E-state index is 12.4. The van der Waals surface area contributed by atoms with E-state index >= 15 is 0 Å². The number of carbonyl (C=O) groups excluding carboxylic acids is 2. The highest BCUT2D eigenvalue weighted by Gasteiger charge is 2.28. The number of ether oxygens (including phenoxy) is 1. The van der Waals surface area contributed by atoms with Crippen molar-refractivity contribution in [3.05, 3.63) is 65.7 Å². The van der Waals surface area contributed by atoms with Crippen LogP contribution >= 0.6 is 0 Å². The fraction of sp³-hybridized carbons (Fsp3) is 0.444. The molecule has 2 fully saturated rings. The van der Waals surface area contributed by atoms with Gasteiger partial charge < -0.3 is 25.4 Å². The van der Waals surface area contributed by atoms with Crippen molar-refractivity contribution in [2.45, 2.75) is 44.1 Å². The van der Waals surface area contributed by atoms with Gasteiger partial charge in [-0.05, 0) is 61.9 Å². The number of hydrogen-bond donors (Lipinski definition) is 3. The summed E-state index contributed by atoms with van der Waals surface area (Å²) in [6.07, 6.45) is 3.65. The Hall–Kier alpha value is -3.55. The van der Waals surface area contributed by atoms with Gasteiger partial charge in [0.05, 0.1) is 12.0 Å². The summed E-state index contributed by atoms with van der Waals surface area (Å²) in [6, 6.07) is 17.1. The first-order valence-corrected chi connectivity index (χ1v) is 12.3. The van der Waals surface area contributed by atoms with Gasteiger partial charge in [-0.25, -0.2) is 4.79 Å². The second-order valence-corrected chi connectivity index (χ2v) is 9.28. The van der Waals surface area contributed by atoms with Crippen molar-refractivity contribution in [3.63, 3.8) is 0 Å². The first-order chi connectivity index (χ1) is 17.0. The van der Waals surface area contributed by atoms with Gasteiger partial charge in [0.1, 0.15) is 5.75 Å². The van der Waals surface area contributed by atoms with Crippen molar-refractivity contribution in [1.29, 1.82) is 0 Å². The highest BCUT2D eigenvalue weighted by Crippen LogP contribution is 2.28. The lowest BCUT2D eigenvalue weighted by molar-refractivity contribution is -0.143. The van der Waals surface area contributed by atoms with Crippen LogP contribution in [0.2, 0.25) is 0 Å². The number of carbonyl (C=O) groups is 3. The third kappa shape index (κ3) is 6.74. The molecule has 0 aromatic heterocycles. The molecule has 0 spiro atoms. The fourth-order valence-electron chi connectivity index (χ4n) is 4.81. The minimum Gasteiger partial charge on any atom is -0.490 e. The maximum Gasteiger partial charge on any atom is 0.317 e. The van der Waals surface area contributed by atoms with Crippen molar-refractivity contribution < 1.29 is 24.2 Å². The van der Waals surface area contributed by atoms with Gasteiger partial charge in [-0.3, -0.25) is 9.59 Å². The Kier molecular flexibility index (Phi) is 8.23. The summed E-state index contributed by atoms with van der Waals surface area (Å²) in [5.74, 6) is -0.170. The van der Waals surface area contributed by atoms with E-state index in [4.69, 9.17) is 9.84 Å². The second kappa shape index (κ2) is 11.7. The van der Waals surface area contributed by atoms with Crippen molar-refractivity contribution in [2.75, 3.05) is 26.2 Å². The van der Waals surface area contributed by atoms with E-state index in [1.165, 1.54) is 5.56 Å². The zero-order valence-corrected chi connectivity index (χ0v) is 19.8. The van der Waals surface area contributed by atoms with Crippen LogP contribution in [0.1, 0.15) is 53.9 Å². The van der Waals surface area contributed by atoms with Crippen LogP contribution in [0, 0.1) is 5.92 Å². The highest BCUT2D eigenvalue weighted by atomic mass is 16.5. The van der Waals surface area contributed by atoms with E-state index in [-0.39, 0.29) is 24.0 Å². The van der Waals surface area contributed by atoms with E-state index in [1.54, 1.807) is 24.3 Å². The predicted molar refractivity (Wildman–Crippen MR) is 132 cm³/mol. The summed E-state index contributed by atoms with van der Waals surface area (Å²) in [5.41, 5.74) is 1.78. The Morgan fingerprint density at radius 3 is 2.26 bits per heavy atom. The number of nitrogens with zero attached hydrogens (tertiary/aromatic N) is 1. The number of benzene rings is 2. The largest absolute Gasteiger partial charge is 0.490 e. The molecule has 0 radical (unpaired) electrons. The molecular weight excluding hydrogens is 446 g/mol. The number of amides is 3. The highest BCUT2D eigenvalue weighted by molar-refractivity contribution is 5.94. The van der Waals surface area contributed by atoms with Crippen molar-refractivity contribution in [3.8, 4) is 5.75 Å². The number of nitrogens with one attached hydrogen (secondary N) is 2. The molecule has 3 N–H and O–H groups in total. The molecule has 0 bridgehead atoms. The number of carboxylic acid groups (broad SMARTS) is 1. The molecule has 1 saturated carbocycles. The lowest BCUT2D eigenvalue weighted by Crippen LogP contribution is -2.42. The molecule has 1 saturated heterocycles. The SMILES string of the molecule is O=C(NCCNC(=O)N1CCC(c2ccccc2)C1)c1ccc(OC2CCC(C(=O)O)CC2)cc1. The molecule has 2 aromatic carbocycles. The third-order valence-corrected chi connectivity index (χ3v) is 6.88. The molecule has 8 nitrogen and oxygen atoms in total. The molecule has 4 rings (SSSR count). The number of hydrogen-bond acceptors (Lipinski definition) is 4. The Morgan fingerprint density at radius 2 is 1.57 bits per heavy atom. The molecular formula is C27H33N3O5. The van der Waals surface area contributed by atoms with Crippen LogP contribution in [0.4, 0.5) is 4.79 Å². The number of carboxylic acids is 1. The summed E-state index contributed by atoms with van der Waals surface area (Å²) in [6.45, 7) is 2.13. The predicted octanol–water partition coefficient (Wildman–Crippen LogP) is 3.64.